The Bertz CT molecular complexity index is 212. The molecule has 0 rings (SSSR count). The summed E-state index contributed by atoms with van der Waals surface area (Å²) in [4.78, 5) is 28.7. The molecule has 14 heavy (non-hydrogen) atoms. The number of rotatable bonds is 4. The van der Waals surface area contributed by atoms with Crippen molar-refractivity contribution in [3.8, 4) is 0 Å². The van der Waals surface area contributed by atoms with Crippen molar-refractivity contribution in [2.24, 2.45) is 11.5 Å². The molecule has 8 nitrogen and oxygen atoms in total. The number of carboxylic acid groups (broad SMARTS) is 3. The molecule has 0 bridgehead atoms. The second kappa shape index (κ2) is 7.80. The van der Waals surface area contributed by atoms with Crippen molar-refractivity contribution in [2.75, 3.05) is 0 Å². The van der Waals surface area contributed by atoms with Gasteiger partial charge in [0.15, 0.2) is 0 Å². The van der Waals surface area contributed by atoms with Crippen LogP contribution in [0.5, 0.6) is 0 Å². The van der Waals surface area contributed by atoms with Gasteiger partial charge >= 0.3 is 12.1 Å². The van der Waals surface area contributed by atoms with Gasteiger partial charge in [0.05, 0.1) is 0 Å². The van der Waals surface area contributed by atoms with Crippen LogP contribution in [0.3, 0.4) is 0 Å². The summed E-state index contributed by atoms with van der Waals surface area (Å²) in [7, 11) is 0. The standard InChI is InChI=1S/C5H10N2O3.CH2O3/c6-3(5(9)10)1-2-4(7)8;2-1(3)4/h3H,1-2,6H2,(H2,7,8)(H,9,10);(H2,2,3,4). The number of aliphatic carboxylic acids is 1. The van der Waals surface area contributed by atoms with E-state index in [9.17, 15) is 9.59 Å². The van der Waals surface area contributed by atoms with Crippen LogP contribution in [0.4, 0.5) is 4.79 Å². The quantitative estimate of drug-likeness (QED) is 0.390. The van der Waals surface area contributed by atoms with Crippen molar-refractivity contribution >= 4 is 18.0 Å². The first-order chi connectivity index (χ1) is 6.27. The van der Waals surface area contributed by atoms with Gasteiger partial charge in [-0.05, 0) is 6.42 Å². The van der Waals surface area contributed by atoms with Crippen LogP contribution in [0.2, 0.25) is 0 Å². The minimum atomic E-state index is -1.83. The Kier molecular flexibility index (Phi) is 8.18. The molecule has 0 radical (unpaired) electrons. The lowest BCUT2D eigenvalue weighted by Crippen LogP contribution is -2.31. The average Bonchev–Trinajstić information content (AvgIpc) is 1.98. The van der Waals surface area contributed by atoms with Crippen LogP contribution in [0.25, 0.3) is 0 Å². The highest BCUT2D eigenvalue weighted by atomic mass is 16.6. The van der Waals surface area contributed by atoms with E-state index in [-0.39, 0.29) is 12.8 Å². The number of carboxylic acids is 1. The zero-order chi connectivity index (χ0) is 11.7. The molecular weight excluding hydrogens is 196 g/mol. The molecule has 0 heterocycles. The molecule has 1 amide bonds. The predicted molar refractivity (Wildman–Crippen MR) is 44.7 cm³/mol. The van der Waals surface area contributed by atoms with E-state index in [1.807, 2.05) is 0 Å². The van der Waals surface area contributed by atoms with Gasteiger partial charge in [-0.3, -0.25) is 9.59 Å². The van der Waals surface area contributed by atoms with E-state index in [1.165, 1.54) is 0 Å². The number of hydrogen-bond acceptors (Lipinski definition) is 4. The van der Waals surface area contributed by atoms with Gasteiger partial charge in [0.1, 0.15) is 6.04 Å². The van der Waals surface area contributed by atoms with Crippen LogP contribution in [-0.2, 0) is 9.59 Å². The van der Waals surface area contributed by atoms with Crippen molar-refractivity contribution in [1.29, 1.82) is 0 Å². The number of carbonyl (C=O) groups is 3. The Labute approximate surface area is 79.1 Å². The summed E-state index contributed by atoms with van der Waals surface area (Å²) < 4.78 is 0. The fourth-order valence-corrected chi connectivity index (χ4v) is 0.421. The second-order valence-electron chi connectivity index (χ2n) is 2.23. The zero-order valence-corrected chi connectivity index (χ0v) is 7.21. The monoisotopic (exact) mass is 208 g/mol. The van der Waals surface area contributed by atoms with E-state index >= 15 is 0 Å². The van der Waals surface area contributed by atoms with E-state index in [2.05, 4.69) is 0 Å². The van der Waals surface area contributed by atoms with Gasteiger partial charge in [0.2, 0.25) is 5.91 Å². The molecule has 0 aromatic carbocycles. The Morgan fingerprint density at radius 2 is 1.50 bits per heavy atom. The Balaban J connectivity index is 0. The van der Waals surface area contributed by atoms with Gasteiger partial charge in [-0.15, -0.1) is 0 Å². The molecule has 0 saturated heterocycles. The maximum absolute atomic E-state index is 10.1. The van der Waals surface area contributed by atoms with Crippen LogP contribution in [0.1, 0.15) is 12.8 Å². The van der Waals surface area contributed by atoms with Crippen molar-refractivity contribution in [2.45, 2.75) is 18.9 Å². The molecule has 1 atom stereocenters. The van der Waals surface area contributed by atoms with E-state index in [0.29, 0.717) is 0 Å². The Morgan fingerprint density at radius 1 is 1.14 bits per heavy atom. The highest BCUT2D eigenvalue weighted by Crippen LogP contribution is 1.92. The predicted octanol–water partition coefficient (Wildman–Crippen LogP) is -1.11. The van der Waals surface area contributed by atoms with Gasteiger partial charge in [0.25, 0.3) is 0 Å². The summed E-state index contributed by atoms with van der Waals surface area (Å²) >= 11 is 0. The Hall–Kier alpha value is -1.83. The first-order valence-electron chi connectivity index (χ1n) is 3.46. The lowest BCUT2D eigenvalue weighted by atomic mass is 10.2. The summed E-state index contributed by atoms with van der Waals surface area (Å²) in [5.41, 5.74) is 9.81. The average molecular weight is 208 g/mol. The largest absolute Gasteiger partial charge is 0.503 e. The maximum Gasteiger partial charge on any atom is 0.503 e. The molecule has 0 aliphatic rings. The molecule has 7 N–H and O–H groups in total. The molecule has 1 unspecified atom stereocenters. The maximum atomic E-state index is 10.1. The van der Waals surface area contributed by atoms with E-state index in [1.54, 1.807) is 0 Å². The lowest BCUT2D eigenvalue weighted by molar-refractivity contribution is -0.138. The second-order valence-corrected chi connectivity index (χ2v) is 2.23. The van der Waals surface area contributed by atoms with Crippen LogP contribution in [0, 0.1) is 0 Å². The molecule has 8 heteroatoms. The molecule has 0 aliphatic carbocycles. The molecule has 0 spiro atoms. The number of amides is 1. The van der Waals surface area contributed by atoms with Gasteiger partial charge < -0.3 is 26.8 Å². The Morgan fingerprint density at radius 3 is 1.71 bits per heavy atom. The third-order valence-corrected chi connectivity index (χ3v) is 1.02. The number of primary amides is 1. The number of carbonyl (C=O) groups excluding carboxylic acids is 1. The van der Waals surface area contributed by atoms with Crippen molar-refractivity contribution in [1.82, 2.24) is 0 Å². The smallest absolute Gasteiger partial charge is 0.480 e. The zero-order valence-electron chi connectivity index (χ0n) is 7.21. The van der Waals surface area contributed by atoms with Gasteiger partial charge in [-0.25, -0.2) is 4.79 Å². The van der Waals surface area contributed by atoms with Crippen molar-refractivity contribution in [3.05, 3.63) is 0 Å². The summed E-state index contributed by atoms with van der Waals surface area (Å²) in [6, 6.07) is -0.979. The van der Waals surface area contributed by atoms with Crippen LogP contribution < -0.4 is 11.5 Å². The van der Waals surface area contributed by atoms with Crippen LogP contribution in [-0.4, -0.2) is 39.4 Å². The van der Waals surface area contributed by atoms with E-state index in [4.69, 9.17) is 31.6 Å². The highest BCUT2D eigenvalue weighted by Gasteiger charge is 2.11. The summed E-state index contributed by atoms with van der Waals surface area (Å²) in [5.74, 6) is -1.64. The number of hydrogen-bond donors (Lipinski definition) is 5. The summed E-state index contributed by atoms with van der Waals surface area (Å²) in [6.07, 6.45) is -1.71. The summed E-state index contributed by atoms with van der Waals surface area (Å²) in [6.45, 7) is 0. The highest BCUT2D eigenvalue weighted by molar-refractivity contribution is 5.76. The summed E-state index contributed by atoms with van der Waals surface area (Å²) in [5, 5.41) is 22.2. The SMILES string of the molecule is NC(=O)CCC(N)C(=O)O.O=C(O)O. The molecule has 0 fully saturated rings. The normalized spacial score (nSPS) is 10.6. The topological polar surface area (TPSA) is 164 Å². The molecule has 0 aromatic rings. The molecule has 0 saturated carbocycles. The fourth-order valence-electron chi connectivity index (χ4n) is 0.421. The molecule has 82 valence electrons. The van der Waals surface area contributed by atoms with Crippen LogP contribution in [0.15, 0.2) is 0 Å². The molecule has 0 aliphatic heterocycles. The van der Waals surface area contributed by atoms with Crippen molar-refractivity contribution in [3.63, 3.8) is 0 Å². The lowest BCUT2D eigenvalue weighted by Gasteiger charge is -2.01. The van der Waals surface area contributed by atoms with E-state index < -0.39 is 24.1 Å². The number of nitrogens with two attached hydrogens (primary N) is 2. The van der Waals surface area contributed by atoms with Crippen molar-refractivity contribution < 1.29 is 29.7 Å². The van der Waals surface area contributed by atoms with Gasteiger partial charge in [-0.1, -0.05) is 0 Å². The fraction of sp³-hybridized carbons (Fsp3) is 0.500. The minimum absolute atomic E-state index is 0.0213. The minimum Gasteiger partial charge on any atom is -0.480 e. The molecular formula is C6H12N2O6. The van der Waals surface area contributed by atoms with E-state index in [0.717, 1.165) is 0 Å². The molecule has 0 aromatic heterocycles. The first-order valence-corrected chi connectivity index (χ1v) is 3.46. The van der Waals surface area contributed by atoms with Gasteiger partial charge in [0, 0.05) is 6.42 Å². The van der Waals surface area contributed by atoms with Crippen LogP contribution >= 0.6 is 0 Å². The third-order valence-electron chi connectivity index (χ3n) is 1.02. The first kappa shape index (κ1) is 14.7. The third kappa shape index (κ3) is 16.6. The van der Waals surface area contributed by atoms with Gasteiger partial charge in [-0.2, -0.15) is 0 Å².